The number of amides is 1. The van der Waals surface area contributed by atoms with E-state index in [2.05, 4.69) is 5.32 Å². The molecule has 5 nitrogen and oxygen atoms in total. The highest BCUT2D eigenvalue weighted by molar-refractivity contribution is 6.33. The molecule has 0 aromatic heterocycles. The van der Waals surface area contributed by atoms with E-state index in [0.29, 0.717) is 0 Å². The van der Waals surface area contributed by atoms with Gasteiger partial charge in [0.1, 0.15) is 5.02 Å². The minimum Gasteiger partial charge on any atom is -0.346 e. The van der Waals surface area contributed by atoms with Crippen molar-refractivity contribution in [3.63, 3.8) is 0 Å². The van der Waals surface area contributed by atoms with Crippen molar-refractivity contribution in [2.75, 3.05) is 0 Å². The van der Waals surface area contributed by atoms with Crippen LogP contribution in [0.4, 0.5) is 5.69 Å². The van der Waals surface area contributed by atoms with Gasteiger partial charge >= 0.3 is 0 Å². The lowest BCUT2D eigenvalue weighted by molar-refractivity contribution is -0.384. The molecule has 0 heterocycles. The highest BCUT2D eigenvalue weighted by Gasteiger charge is 2.16. The van der Waals surface area contributed by atoms with E-state index >= 15 is 0 Å². The van der Waals surface area contributed by atoms with Crippen LogP contribution in [0, 0.1) is 10.1 Å². The zero-order valence-corrected chi connectivity index (χ0v) is 12.0. The van der Waals surface area contributed by atoms with Gasteiger partial charge in [-0.15, -0.1) is 0 Å². The van der Waals surface area contributed by atoms with Gasteiger partial charge in [0, 0.05) is 11.6 Å². The van der Waals surface area contributed by atoms with Gasteiger partial charge in [-0.2, -0.15) is 0 Å². The molecular formula is C15H13ClN2O3. The first kappa shape index (κ1) is 15.0. The second-order valence-corrected chi connectivity index (χ2v) is 4.94. The monoisotopic (exact) mass is 304 g/mol. The van der Waals surface area contributed by atoms with Gasteiger partial charge < -0.3 is 5.32 Å². The number of hydrogen-bond acceptors (Lipinski definition) is 3. The third-order valence-electron chi connectivity index (χ3n) is 3.05. The summed E-state index contributed by atoms with van der Waals surface area (Å²) in [6, 6.07) is 13.2. The lowest BCUT2D eigenvalue weighted by atomic mass is 10.1. The lowest BCUT2D eigenvalue weighted by Crippen LogP contribution is -2.26. The normalized spacial score (nSPS) is 11.7. The van der Waals surface area contributed by atoms with E-state index in [1.807, 2.05) is 37.3 Å². The molecular weight excluding hydrogens is 292 g/mol. The number of rotatable bonds is 4. The van der Waals surface area contributed by atoms with Gasteiger partial charge in [-0.3, -0.25) is 14.9 Å². The van der Waals surface area contributed by atoms with Crippen LogP contribution in [-0.4, -0.2) is 10.8 Å². The first-order chi connectivity index (χ1) is 9.99. The standard InChI is InChI=1S/C15H13ClN2O3/c1-10(11-5-3-2-4-6-11)17-15(19)12-7-8-14(18(20)21)13(16)9-12/h2-10H,1H3,(H,17,19)/t10-/m1/s1. The smallest absolute Gasteiger partial charge is 0.287 e. The third-order valence-corrected chi connectivity index (χ3v) is 3.36. The molecule has 1 N–H and O–H groups in total. The fraction of sp³-hybridized carbons (Fsp3) is 0.133. The van der Waals surface area contributed by atoms with E-state index in [1.54, 1.807) is 0 Å². The first-order valence-electron chi connectivity index (χ1n) is 6.29. The predicted octanol–water partition coefficient (Wildman–Crippen LogP) is 3.74. The highest BCUT2D eigenvalue weighted by Crippen LogP contribution is 2.25. The van der Waals surface area contributed by atoms with E-state index < -0.39 is 4.92 Å². The molecule has 21 heavy (non-hydrogen) atoms. The zero-order valence-electron chi connectivity index (χ0n) is 11.2. The molecule has 0 bridgehead atoms. The fourth-order valence-corrected chi connectivity index (χ4v) is 2.15. The molecule has 108 valence electrons. The van der Waals surface area contributed by atoms with E-state index in [9.17, 15) is 14.9 Å². The largest absolute Gasteiger partial charge is 0.346 e. The number of nitrogens with zero attached hydrogens (tertiary/aromatic N) is 1. The Balaban J connectivity index is 2.14. The topological polar surface area (TPSA) is 72.2 Å². The number of hydrogen-bond donors (Lipinski definition) is 1. The Morgan fingerprint density at radius 3 is 2.48 bits per heavy atom. The van der Waals surface area contributed by atoms with E-state index in [-0.39, 0.29) is 28.2 Å². The van der Waals surface area contributed by atoms with Gasteiger partial charge in [0.2, 0.25) is 0 Å². The van der Waals surface area contributed by atoms with Crippen LogP contribution in [-0.2, 0) is 0 Å². The number of carbonyl (C=O) groups is 1. The minimum absolute atomic E-state index is 0.0555. The number of carbonyl (C=O) groups excluding carboxylic acids is 1. The summed E-state index contributed by atoms with van der Waals surface area (Å²) in [6.45, 7) is 1.86. The Kier molecular flexibility index (Phi) is 4.55. The summed E-state index contributed by atoms with van der Waals surface area (Å²) < 4.78 is 0. The summed E-state index contributed by atoms with van der Waals surface area (Å²) >= 11 is 5.80. The third kappa shape index (κ3) is 3.58. The Bertz CT molecular complexity index is 674. The number of benzene rings is 2. The van der Waals surface area contributed by atoms with Gasteiger partial charge in [-0.05, 0) is 24.6 Å². The SMILES string of the molecule is C[C@@H](NC(=O)c1ccc([N+](=O)[O-])c(Cl)c1)c1ccccc1. The molecule has 0 saturated carbocycles. The number of nitro benzene ring substituents is 1. The van der Waals surface area contributed by atoms with Gasteiger partial charge in [0.15, 0.2) is 0 Å². The van der Waals surface area contributed by atoms with Crippen LogP contribution < -0.4 is 5.32 Å². The zero-order chi connectivity index (χ0) is 15.4. The average molecular weight is 305 g/mol. The number of nitro groups is 1. The van der Waals surface area contributed by atoms with Gasteiger partial charge in [0.25, 0.3) is 11.6 Å². The predicted molar refractivity (Wildman–Crippen MR) is 80.4 cm³/mol. The summed E-state index contributed by atoms with van der Waals surface area (Å²) in [7, 11) is 0. The van der Waals surface area contributed by atoms with Crippen LogP contribution in [0.2, 0.25) is 5.02 Å². The van der Waals surface area contributed by atoms with Crippen LogP contribution in [0.5, 0.6) is 0 Å². The van der Waals surface area contributed by atoms with Crippen LogP contribution in [0.15, 0.2) is 48.5 Å². The average Bonchev–Trinajstić information content (AvgIpc) is 2.47. The molecule has 0 aliphatic heterocycles. The van der Waals surface area contributed by atoms with Crippen LogP contribution in [0.25, 0.3) is 0 Å². The molecule has 6 heteroatoms. The van der Waals surface area contributed by atoms with Crippen molar-refractivity contribution in [3.8, 4) is 0 Å². The summed E-state index contributed by atoms with van der Waals surface area (Å²) in [5, 5.41) is 13.5. The molecule has 0 fully saturated rings. The van der Waals surface area contributed by atoms with Crippen molar-refractivity contribution in [1.29, 1.82) is 0 Å². The lowest BCUT2D eigenvalue weighted by Gasteiger charge is -2.14. The fourth-order valence-electron chi connectivity index (χ4n) is 1.90. The molecule has 2 aromatic rings. The van der Waals surface area contributed by atoms with Gasteiger partial charge in [-0.25, -0.2) is 0 Å². The van der Waals surface area contributed by atoms with Crippen LogP contribution in [0.3, 0.4) is 0 Å². The molecule has 1 amide bonds. The molecule has 0 spiro atoms. The maximum Gasteiger partial charge on any atom is 0.287 e. The van der Waals surface area contributed by atoms with Crippen molar-refractivity contribution < 1.29 is 9.72 Å². The Morgan fingerprint density at radius 2 is 1.90 bits per heavy atom. The molecule has 2 rings (SSSR count). The van der Waals surface area contributed by atoms with Crippen molar-refractivity contribution in [2.24, 2.45) is 0 Å². The number of nitrogens with one attached hydrogen (secondary N) is 1. The van der Waals surface area contributed by atoms with E-state index in [0.717, 1.165) is 5.56 Å². The Hall–Kier alpha value is -2.40. The molecule has 0 aliphatic carbocycles. The Morgan fingerprint density at radius 1 is 1.24 bits per heavy atom. The van der Waals surface area contributed by atoms with E-state index in [4.69, 9.17) is 11.6 Å². The van der Waals surface area contributed by atoms with Crippen molar-refractivity contribution >= 4 is 23.2 Å². The van der Waals surface area contributed by atoms with Crippen molar-refractivity contribution in [3.05, 3.63) is 74.8 Å². The molecule has 0 saturated heterocycles. The van der Waals surface area contributed by atoms with Crippen molar-refractivity contribution in [1.82, 2.24) is 5.32 Å². The highest BCUT2D eigenvalue weighted by atomic mass is 35.5. The molecule has 0 aliphatic rings. The maximum atomic E-state index is 12.1. The summed E-state index contributed by atoms with van der Waals surface area (Å²) in [5.74, 6) is -0.330. The maximum absolute atomic E-state index is 12.1. The second-order valence-electron chi connectivity index (χ2n) is 4.53. The molecule has 0 unspecified atom stereocenters. The van der Waals surface area contributed by atoms with Crippen LogP contribution >= 0.6 is 11.6 Å². The summed E-state index contributed by atoms with van der Waals surface area (Å²) in [6.07, 6.45) is 0. The first-order valence-corrected chi connectivity index (χ1v) is 6.66. The van der Waals surface area contributed by atoms with Gasteiger partial charge in [-0.1, -0.05) is 41.9 Å². The van der Waals surface area contributed by atoms with Crippen molar-refractivity contribution in [2.45, 2.75) is 13.0 Å². The quantitative estimate of drug-likeness (QED) is 0.691. The Labute approximate surface area is 126 Å². The van der Waals surface area contributed by atoms with Crippen LogP contribution in [0.1, 0.15) is 28.9 Å². The summed E-state index contributed by atoms with van der Waals surface area (Å²) in [4.78, 5) is 22.2. The molecule has 0 radical (unpaired) electrons. The molecule has 2 aromatic carbocycles. The van der Waals surface area contributed by atoms with E-state index in [1.165, 1.54) is 18.2 Å². The molecule has 1 atom stereocenters. The van der Waals surface area contributed by atoms with Gasteiger partial charge in [0.05, 0.1) is 11.0 Å². The second kappa shape index (κ2) is 6.37. The number of halogens is 1. The summed E-state index contributed by atoms with van der Waals surface area (Å²) in [5.41, 5.74) is 1.04. The minimum atomic E-state index is -0.587.